The first kappa shape index (κ1) is 22.0. The molecule has 0 bridgehead atoms. The van der Waals surface area contributed by atoms with Gasteiger partial charge < -0.3 is 15.0 Å². The largest absolute Gasteiger partial charge is 0.380 e. The third-order valence-corrected chi connectivity index (χ3v) is 7.07. The SMILES string of the molecule is CO[C@@H]1CCCN(C2CCN(c3ncc(C(=O)NCc4ncc(F)cc4F)s3)CC2)C1. The maximum atomic E-state index is 13.7. The number of hydrogen-bond donors (Lipinski definition) is 1. The molecule has 7 nitrogen and oxygen atoms in total. The topological polar surface area (TPSA) is 70.6 Å². The van der Waals surface area contributed by atoms with Crippen molar-refractivity contribution in [2.75, 3.05) is 38.2 Å². The van der Waals surface area contributed by atoms with E-state index in [1.165, 1.54) is 17.8 Å². The van der Waals surface area contributed by atoms with Crippen LogP contribution in [0.1, 0.15) is 41.0 Å². The minimum atomic E-state index is -0.779. The summed E-state index contributed by atoms with van der Waals surface area (Å²) in [5, 5.41) is 3.44. The number of aromatic nitrogens is 2. The summed E-state index contributed by atoms with van der Waals surface area (Å²) in [7, 11) is 1.79. The number of methoxy groups -OCH3 is 1. The fourth-order valence-corrected chi connectivity index (χ4v) is 5.14. The minimum Gasteiger partial charge on any atom is -0.380 e. The van der Waals surface area contributed by atoms with E-state index < -0.39 is 11.6 Å². The molecular weight excluding hydrogens is 424 g/mol. The van der Waals surface area contributed by atoms with Crippen molar-refractivity contribution >= 4 is 22.4 Å². The number of hydrogen-bond acceptors (Lipinski definition) is 7. The number of halogens is 2. The molecule has 2 aliphatic rings. The number of thiazole rings is 1. The van der Waals surface area contributed by atoms with Gasteiger partial charge in [0, 0.05) is 38.9 Å². The molecule has 0 aliphatic carbocycles. The van der Waals surface area contributed by atoms with E-state index >= 15 is 0 Å². The molecule has 2 saturated heterocycles. The molecule has 2 aromatic rings. The molecule has 0 unspecified atom stereocenters. The fourth-order valence-electron chi connectivity index (χ4n) is 4.25. The molecule has 2 aliphatic heterocycles. The van der Waals surface area contributed by atoms with Crippen LogP contribution in [-0.2, 0) is 11.3 Å². The number of nitrogens with one attached hydrogen (secondary N) is 1. The number of piperidine rings is 2. The summed E-state index contributed by atoms with van der Waals surface area (Å²) in [6, 6.07) is 1.32. The zero-order valence-electron chi connectivity index (χ0n) is 17.5. The molecule has 0 spiro atoms. The number of likely N-dealkylation sites (tertiary alicyclic amines) is 1. The average molecular weight is 452 g/mol. The number of carbonyl (C=O) groups excluding carboxylic acids is 1. The fraction of sp³-hybridized carbons (Fsp3) is 0.571. The second kappa shape index (κ2) is 9.97. The highest BCUT2D eigenvalue weighted by Crippen LogP contribution is 2.28. The van der Waals surface area contributed by atoms with Crippen molar-refractivity contribution in [1.82, 2.24) is 20.2 Å². The first-order valence-electron chi connectivity index (χ1n) is 10.6. The Morgan fingerprint density at radius 2 is 2.03 bits per heavy atom. The third kappa shape index (κ3) is 5.36. The van der Waals surface area contributed by atoms with E-state index in [9.17, 15) is 13.6 Å². The van der Waals surface area contributed by atoms with Crippen LogP contribution >= 0.6 is 11.3 Å². The van der Waals surface area contributed by atoms with Crippen LogP contribution in [0.5, 0.6) is 0 Å². The van der Waals surface area contributed by atoms with Crippen molar-refractivity contribution in [2.45, 2.75) is 44.4 Å². The van der Waals surface area contributed by atoms with Gasteiger partial charge in [-0.25, -0.2) is 13.8 Å². The van der Waals surface area contributed by atoms with Crippen molar-refractivity contribution in [1.29, 1.82) is 0 Å². The summed E-state index contributed by atoms with van der Waals surface area (Å²) in [6.45, 7) is 3.83. The molecule has 10 heteroatoms. The molecule has 168 valence electrons. The number of anilines is 1. The zero-order chi connectivity index (χ0) is 21.8. The van der Waals surface area contributed by atoms with E-state index in [-0.39, 0.29) is 18.1 Å². The zero-order valence-corrected chi connectivity index (χ0v) is 18.3. The maximum Gasteiger partial charge on any atom is 0.263 e. The predicted molar refractivity (Wildman–Crippen MR) is 114 cm³/mol. The molecule has 0 saturated carbocycles. The highest BCUT2D eigenvalue weighted by Gasteiger charge is 2.29. The summed E-state index contributed by atoms with van der Waals surface area (Å²) in [5.41, 5.74) is -0.00464. The third-order valence-electron chi connectivity index (χ3n) is 6.01. The van der Waals surface area contributed by atoms with Crippen LogP contribution in [0.2, 0.25) is 0 Å². The Kier molecular flexibility index (Phi) is 7.09. The lowest BCUT2D eigenvalue weighted by molar-refractivity contribution is 0.0102. The summed E-state index contributed by atoms with van der Waals surface area (Å²) >= 11 is 1.33. The summed E-state index contributed by atoms with van der Waals surface area (Å²) < 4.78 is 32.2. The van der Waals surface area contributed by atoms with Crippen LogP contribution in [-0.4, -0.2) is 66.2 Å². The summed E-state index contributed by atoms with van der Waals surface area (Å²) in [5.74, 6) is -1.87. The van der Waals surface area contributed by atoms with Gasteiger partial charge in [-0.2, -0.15) is 0 Å². The van der Waals surface area contributed by atoms with Crippen LogP contribution in [0.25, 0.3) is 0 Å². The molecule has 1 atom stereocenters. The van der Waals surface area contributed by atoms with Gasteiger partial charge in [0.15, 0.2) is 5.13 Å². The molecule has 1 N–H and O–H groups in total. The van der Waals surface area contributed by atoms with Gasteiger partial charge in [0.05, 0.1) is 30.7 Å². The van der Waals surface area contributed by atoms with Crippen LogP contribution < -0.4 is 10.2 Å². The lowest BCUT2D eigenvalue weighted by Crippen LogP contribution is -2.50. The molecule has 2 fully saturated rings. The second-order valence-electron chi connectivity index (χ2n) is 7.98. The van der Waals surface area contributed by atoms with E-state index in [1.54, 1.807) is 13.3 Å². The second-order valence-corrected chi connectivity index (χ2v) is 8.99. The number of ether oxygens (including phenoxy) is 1. The quantitative estimate of drug-likeness (QED) is 0.728. The normalized spacial score (nSPS) is 20.7. The van der Waals surface area contributed by atoms with Gasteiger partial charge >= 0.3 is 0 Å². The number of nitrogens with zero attached hydrogens (tertiary/aromatic N) is 4. The predicted octanol–water partition coefficient (Wildman–Crippen LogP) is 2.83. The average Bonchev–Trinajstić information content (AvgIpc) is 3.29. The van der Waals surface area contributed by atoms with Crippen molar-refractivity contribution in [3.8, 4) is 0 Å². The van der Waals surface area contributed by atoms with Gasteiger partial charge in [0.1, 0.15) is 16.5 Å². The van der Waals surface area contributed by atoms with E-state index in [2.05, 4.69) is 25.1 Å². The molecule has 0 radical (unpaired) electrons. The molecule has 2 aromatic heterocycles. The van der Waals surface area contributed by atoms with Crippen LogP contribution in [0.3, 0.4) is 0 Å². The van der Waals surface area contributed by atoms with Gasteiger partial charge in [0.2, 0.25) is 0 Å². The Bertz CT molecular complexity index is 904. The smallest absolute Gasteiger partial charge is 0.263 e. The molecule has 4 heterocycles. The van der Waals surface area contributed by atoms with Gasteiger partial charge in [-0.05, 0) is 32.2 Å². The Labute approximate surface area is 184 Å². The highest BCUT2D eigenvalue weighted by atomic mass is 32.1. The van der Waals surface area contributed by atoms with Gasteiger partial charge in [0.25, 0.3) is 5.91 Å². The Morgan fingerprint density at radius 1 is 1.23 bits per heavy atom. The number of rotatable bonds is 6. The van der Waals surface area contributed by atoms with Crippen LogP contribution in [0, 0.1) is 11.6 Å². The van der Waals surface area contributed by atoms with Crippen LogP contribution in [0.15, 0.2) is 18.5 Å². The lowest BCUT2D eigenvalue weighted by Gasteiger charge is -2.42. The number of amides is 1. The maximum absolute atomic E-state index is 13.7. The molecular formula is C21H27F2N5O2S. The molecule has 1 amide bonds. The van der Waals surface area contributed by atoms with E-state index in [0.29, 0.717) is 17.0 Å². The van der Waals surface area contributed by atoms with E-state index in [0.717, 1.165) is 62.8 Å². The molecule has 0 aromatic carbocycles. The molecule has 4 rings (SSSR count). The van der Waals surface area contributed by atoms with Crippen molar-refractivity contribution < 1.29 is 18.3 Å². The molecule has 31 heavy (non-hydrogen) atoms. The van der Waals surface area contributed by atoms with Gasteiger partial charge in [-0.1, -0.05) is 11.3 Å². The van der Waals surface area contributed by atoms with Gasteiger partial charge in [-0.3, -0.25) is 14.7 Å². The number of carbonyl (C=O) groups is 1. The minimum absolute atomic E-state index is 0.00464. The van der Waals surface area contributed by atoms with Crippen LogP contribution in [0.4, 0.5) is 13.9 Å². The monoisotopic (exact) mass is 451 g/mol. The summed E-state index contributed by atoms with van der Waals surface area (Å²) in [4.78, 5) is 25.7. The van der Waals surface area contributed by atoms with E-state index in [4.69, 9.17) is 4.74 Å². The highest BCUT2D eigenvalue weighted by molar-refractivity contribution is 7.17. The standard InChI is InChI=1S/C21H27F2N5O2S/c1-30-16-3-2-6-28(13-16)15-4-7-27(8-5-15)21-26-12-19(31-21)20(29)25-11-18-17(23)9-14(22)10-24-18/h9-10,12,15-16H,2-8,11,13H2,1H3,(H,25,29)/t16-/m1/s1. The van der Waals surface area contributed by atoms with Crippen molar-refractivity contribution in [3.63, 3.8) is 0 Å². The lowest BCUT2D eigenvalue weighted by atomic mass is 9.99. The number of pyridine rings is 1. The first-order valence-corrected chi connectivity index (χ1v) is 11.4. The van der Waals surface area contributed by atoms with Gasteiger partial charge in [-0.15, -0.1) is 0 Å². The Hall–Kier alpha value is -2.17. The Balaban J connectivity index is 1.28. The van der Waals surface area contributed by atoms with E-state index in [1.807, 2.05) is 0 Å². The summed E-state index contributed by atoms with van der Waals surface area (Å²) in [6.07, 6.45) is 7.26. The van der Waals surface area contributed by atoms with Crippen molar-refractivity contribution in [2.24, 2.45) is 0 Å². The Morgan fingerprint density at radius 3 is 2.77 bits per heavy atom. The van der Waals surface area contributed by atoms with Crippen molar-refractivity contribution in [3.05, 3.63) is 40.7 Å². The first-order chi connectivity index (χ1) is 15.0.